The van der Waals surface area contributed by atoms with Crippen LogP contribution in [0.2, 0.25) is 0 Å². The number of carbonyl (C=O) groups excluding carboxylic acids is 2. The molecule has 2 aromatic rings. The number of carbonyl (C=O) groups is 2. The van der Waals surface area contributed by atoms with Crippen LogP contribution in [0.25, 0.3) is 10.8 Å². The minimum Gasteiger partial charge on any atom is -0.391 e. The van der Waals surface area contributed by atoms with Crippen LogP contribution >= 0.6 is 0 Å². The first kappa shape index (κ1) is 18.0. The Morgan fingerprint density at radius 2 is 1.93 bits per heavy atom. The summed E-state index contributed by atoms with van der Waals surface area (Å²) in [7, 11) is 0. The quantitative estimate of drug-likeness (QED) is 0.872. The molecule has 3 atom stereocenters. The number of aliphatic hydroxyl groups excluding tert-OH is 1. The maximum Gasteiger partial charge on any atom is 0.247 e. The fourth-order valence-electron chi connectivity index (χ4n) is 4.57. The van der Waals surface area contributed by atoms with E-state index in [-0.39, 0.29) is 24.8 Å². The number of rotatable bonds is 4. The summed E-state index contributed by atoms with van der Waals surface area (Å²) >= 11 is 0. The summed E-state index contributed by atoms with van der Waals surface area (Å²) in [5.41, 5.74) is 0.00459. The molecule has 2 aliphatic heterocycles. The predicted molar refractivity (Wildman–Crippen MR) is 104 cm³/mol. The highest BCUT2D eigenvalue weighted by Crippen LogP contribution is 2.37. The van der Waals surface area contributed by atoms with Gasteiger partial charge in [-0.1, -0.05) is 56.3 Å². The van der Waals surface area contributed by atoms with E-state index in [1.807, 2.05) is 44.2 Å². The molecule has 0 bridgehead atoms. The van der Waals surface area contributed by atoms with Gasteiger partial charge in [0.1, 0.15) is 11.6 Å². The van der Waals surface area contributed by atoms with E-state index in [2.05, 4.69) is 17.4 Å². The summed E-state index contributed by atoms with van der Waals surface area (Å²) in [4.78, 5) is 27.8. The van der Waals surface area contributed by atoms with Crippen molar-refractivity contribution >= 4 is 22.6 Å². The van der Waals surface area contributed by atoms with Gasteiger partial charge < -0.3 is 15.3 Å². The first-order valence-corrected chi connectivity index (χ1v) is 9.67. The van der Waals surface area contributed by atoms with Crippen molar-refractivity contribution in [3.8, 4) is 0 Å². The fourth-order valence-corrected chi connectivity index (χ4v) is 4.57. The minimum atomic E-state index is -0.994. The maximum absolute atomic E-state index is 13.1. The molecule has 2 fully saturated rings. The van der Waals surface area contributed by atoms with E-state index < -0.39 is 17.7 Å². The van der Waals surface area contributed by atoms with Gasteiger partial charge in [0.2, 0.25) is 11.8 Å². The Labute approximate surface area is 159 Å². The summed E-state index contributed by atoms with van der Waals surface area (Å²) in [6.45, 7) is 4.30. The molecular formula is C22H26N2O3. The first-order valence-electron chi connectivity index (χ1n) is 9.67. The molecule has 2 aliphatic rings. The smallest absolute Gasteiger partial charge is 0.247 e. The van der Waals surface area contributed by atoms with E-state index in [1.165, 1.54) is 0 Å². The van der Waals surface area contributed by atoms with Gasteiger partial charge in [-0.25, -0.2) is 0 Å². The van der Waals surface area contributed by atoms with Gasteiger partial charge in [-0.05, 0) is 28.7 Å². The van der Waals surface area contributed by atoms with Crippen LogP contribution in [0.5, 0.6) is 0 Å². The third-order valence-corrected chi connectivity index (χ3v) is 5.79. The molecule has 5 nitrogen and oxygen atoms in total. The van der Waals surface area contributed by atoms with Gasteiger partial charge in [0.25, 0.3) is 0 Å². The van der Waals surface area contributed by atoms with Crippen LogP contribution < -0.4 is 5.32 Å². The van der Waals surface area contributed by atoms with Crippen LogP contribution in [-0.2, 0) is 16.0 Å². The number of amides is 2. The molecule has 5 heteroatoms. The van der Waals surface area contributed by atoms with Crippen molar-refractivity contribution in [3.05, 3.63) is 48.0 Å². The SMILES string of the molecule is CC(C)C[C@H]1NC(=O)C2(Cc3ccc4ccccc4c3)C[C@@H](O)CN2C1=O. The maximum atomic E-state index is 13.1. The van der Waals surface area contributed by atoms with Crippen molar-refractivity contribution in [1.82, 2.24) is 10.2 Å². The van der Waals surface area contributed by atoms with Gasteiger partial charge >= 0.3 is 0 Å². The summed E-state index contributed by atoms with van der Waals surface area (Å²) in [6.07, 6.45) is 0.647. The highest BCUT2D eigenvalue weighted by atomic mass is 16.3. The molecule has 2 heterocycles. The van der Waals surface area contributed by atoms with Crippen LogP contribution in [0.15, 0.2) is 42.5 Å². The number of fused-ring (bicyclic) bond motifs is 2. The Bertz CT molecular complexity index is 894. The van der Waals surface area contributed by atoms with Gasteiger partial charge in [0.15, 0.2) is 0 Å². The zero-order valence-corrected chi connectivity index (χ0v) is 15.8. The number of piperazine rings is 1. The molecule has 0 aliphatic carbocycles. The van der Waals surface area contributed by atoms with Crippen molar-refractivity contribution in [3.63, 3.8) is 0 Å². The van der Waals surface area contributed by atoms with Crippen LogP contribution in [0.1, 0.15) is 32.3 Å². The summed E-state index contributed by atoms with van der Waals surface area (Å²) < 4.78 is 0. The number of nitrogens with zero attached hydrogens (tertiary/aromatic N) is 1. The summed E-state index contributed by atoms with van der Waals surface area (Å²) in [5.74, 6) is 0.0952. The topological polar surface area (TPSA) is 69.6 Å². The number of benzene rings is 2. The lowest BCUT2D eigenvalue weighted by Crippen LogP contribution is -2.69. The lowest BCUT2D eigenvalue weighted by Gasteiger charge is -2.44. The molecule has 2 amide bonds. The van der Waals surface area contributed by atoms with E-state index in [4.69, 9.17) is 0 Å². The number of hydrogen-bond donors (Lipinski definition) is 2. The molecule has 0 radical (unpaired) electrons. The standard InChI is InChI=1S/C22H26N2O3/c1-14(2)9-19-20(26)24-13-18(25)12-22(24,21(27)23-19)11-15-7-8-16-5-3-4-6-17(16)10-15/h3-8,10,14,18-19,25H,9,11-13H2,1-2H3,(H,23,27)/t18-,19-,22?/m1/s1. The van der Waals surface area contributed by atoms with Gasteiger partial charge in [-0.3, -0.25) is 9.59 Å². The largest absolute Gasteiger partial charge is 0.391 e. The van der Waals surface area contributed by atoms with Crippen LogP contribution in [0.3, 0.4) is 0 Å². The van der Waals surface area contributed by atoms with Crippen molar-refractivity contribution in [2.45, 2.75) is 50.8 Å². The lowest BCUT2D eigenvalue weighted by molar-refractivity contribution is -0.154. The Balaban J connectivity index is 1.68. The molecule has 2 aromatic carbocycles. The van der Waals surface area contributed by atoms with E-state index in [0.717, 1.165) is 16.3 Å². The van der Waals surface area contributed by atoms with Crippen LogP contribution in [-0.4, -0.2) is 46.1 Å². The number of β-amino-alcohol motifs (C(OH)–C–C–N with tert-alkyl or cyclic N) is 1. The molecular weight excluding hydrogens is 340 g/mol. The summed E-state index contributed by atoms with van der Waals surface area (Å²) in [5, 5.41) is 15.5. The molecule has 0 saturated carbocycles. The molecule has 27 heavy (non-hydrogen) atoms. The predicted octanol–water partition coefficient (Wildman–Crippen LogP) is 2.26. The lowest BCUT2D eigenvalue weighted by atomic mass is 9.83. The van der Waals surface area contributed by atoms with E-state index in [9.17, 15) is 14.7 Å². The minimum absolute atomic E-state index is 0.0689. The monoisotopic (exact) mass is 366 g/mol. The fraction of sp³-hybridized carbons (Fsp3) is 0.455. The van der Waals surface area contributed by atoms with E-state index in [1.54, 1.807) is 4.90 Å². The molecule has 1 unspecified atom stereocenters. The Kier molecular flexibility index (Phi) is 4.42. The zero-order valence-electron chi connectivity index (χ0n) is 15.8. The van der Waals surface area contributed by atoms with Crippen molar-refractivity contribution in [2.75, 3.05) is 6.54 Å². The molecule has 2 saturated heterocycles. The average Bonchev–Trinajstić information content (AvgIpc) is 2.97. The highest BCUT2D eigenvalue weighted by Gasteiger charge is 2.57. The van der Waals surface area contributed by atoms with Crippen molar-refractivity contribution in [2.24, 2.45) is 5.92 Å². The zero-order chi connectivity index (χ0) is 19.2. The normalized spacial score (nSPS) is 27.9. The third kappa shape index (κ3) is 3.10. The molecule has 0 spiro atoms. The van der Waals surface area contributed by atoms with Gasteiger partial charge in [-0.15, -0.1) is 0 Å². The Morgan fingerprint density at radius 1 is 1.19 bits per heavy atom. The summed E-state index contributed by atoms with van der Waals surface area (Å²) in [6, 6.07) is 13.7. The van der Waals surface area contributed by atoms with Gasteiger partial charge in [0, 0.05) is 19.4 Å². The molecule has 2 N–H and O–H groups in total. The van der Waals surface area contributed by atoms with E-state index in [0.29, 0.717) is 18.8 Å². The number of hydrogen-bond acceptors (Lipinski definition) is 3. The highest BCUT2D eigenvalue weighted by molar-refractivity contribution is 6.00. The first-order chi connectivity index (χ1) is 12.9. The van der Waals surface area contributed by atoms with Crippen LogP contribution in [0, 0.1) is 5.92 Å². The number of aliphatic hydroxyl groups is 1. The second-order valence-electron chi connectivity index (χ2n) is 8.35. The second-order valence-corrected chi connectivity index (χ2v) is 8.35. The van der Waals surface area contributed by atoms with Crippen molar-refractivity contribution < 1.29 is 14.7 Å². The second kappa shape index (κ2) is 6.64. The number of nitrogens with one attached hydrogen (secondary N) is 1. The Hall–Kier alpha value is -2.40. The van der Waals surface area contributed by atoms with E-state index >= 15 is 0 Å². The van der Waals surface area contributed by atoms with Gasteiger partial charge in [0.05, 0.1) is 6.10 Å². The third-order valence-electron chi connectivity index (χ3n) is 5.79. The molecule has 142 valence electrons. The van der Waals surface area contributed by atoms with Gasteiger partial charge in [-0.2, -0.15) is 0 Å². The average molecular weight is 366 g/mol. The molecule has 4 rings (SSSR count). The van der Waals surface area contributed by atoms with Crippen LogP contribution in [0.4, 0.5) is 0 Å². The molecule has 0 aromatic heterocycles. The van der Waals surface area contributed by atoms with Crippen molar-refractivity contribution in [1.29, 1.82) is 0 Å². The Morgan fingerprint density at radius 3 is 2.67 bits per heavy atom.